The average molecular weight is 256 g/mol. The molecule has 1 aromatic carbocycles. The molecule has 0 saturated carbocycles. The van der Waals surface area contributed by atoms with Gasteiger partial charge in [-0.05, 0) is 37.1 Å². The van der Waals surface area contributed by atoms with Crippen LogP contribution in [0.4, 0.5) is 0 Å². The van der Waals surface area contributed by atoms with Crippen LogP contribution in [-0.2, 0) is 11.3 Å². The molecule has 0 unspecified atom stereocenters. The van der Waals surface area contributed by atoms with Crippen LogP contribution in [0.25, 0.3) is 0 Å². The van der Waals surface area contributed by atoms with Gasteiger partial charge in [0, 0.05) is 19.5 Å². The molecule has 0 atom stereocenters. The molecule has 0 saturated heterocycles. The van der Waals surface area contributed by atoms with E-state index in [9.17, 15) is 4.79 Å². The number of aryl methyl sites for hydroxylation is 1. The van der Waals surface area contributed by atoms with Gasteiger partial charge in [0.25, 0.3) is 0 Å². The highest BCUT2D eigenvalue weighted by molar-refractivity contribution is 6.32. The third-order valence-corrected chi connectivity index (χ3v) is 2.88. The molecule has 0 fully saturated rings. The fourth-order valence-corrected chi connectivity index (χ4v) is 1.79. The van der Waals surface area contributed by atoms with Crippen LogP contribution in [0.15, 0.2) is 12.1 Å². The first kappa shape index (κ1) is 14.0. The zero-order valence-corrected chi connectivity index (χ0v) is 11.2. The number of benzene rings is 1. The monoisotopic (exact) mass is 255 g/mol. The molecule has 0 bridgehead atoms. The minimum absolute atomic E-state index is 0.196. The van der Waals surface area contributed by atoms with E-state index < -0.39 is 0 Å². The van der Waals surface area contributed by atoms with Crippen LogP contribution < -0.4 is 10.1 Å². The van der Waals surface area contributed by atoms with Crippen molar-refractivity contribution in [3.63, 3.8) is 0 Å². The van der Waals surface area contributed by atoms with Crippen molar-refractivity contribution in [3.05, 3.63) is 28.3 Å². The smallest absolute Gasteiger partial charge is 0.137 e. The van der Waals surface area contributed by atoms with Gasteiger partial charge in [0.2, 0.25) is 0 Å². The minimum Gasteiger partial charge on any atom is -0.495 e. The van der Waals surface area contributed by atoms with Crippen LogP contribution in [0.5, 0.6) is 5.75 Å². The third kappa shape index (κ3) is 4.36. The summed E-state index contributed by atoms with van der Waals surface area (Å²) in [7, 11) is 1.60. The fraction of sp³-hybridized carbons (Fsp3) is 0.462. The van der Waals surface area contributed by atoms with Crippen molar-refractivity contribution < 1.29 is 9.53 Å². The van der Waals surface area contributed by atoms with Crippen molar-refractivity contribution in [2.24, 2.45) is 0 Å². The van der Waals surface area contributed by atoms with Gasteiger partial charge in [-0.1, -0.05) is 11.6 Å². The number of ketones is 1. The van der Waals surface area contributed by atoms with Gasteiger partial charge in [0.05, 0.1) is 12.1 Å². The van der Waals surface area contributed by atoms with Crippen molar-refractivity contribution in [3.8, 4) is 5.75 Å². The fourth-order valence-electron chi connectivity index (χ4n) is 1.53. The van der Waals surface area contributed by atoms with Crippen molar-refractivity contribution >= 4 is 17.4 Å². The minimum atomic E-state index is 0.196. The Hall–Kier alpha value is -1.06. The summed E-state index contributed by atoms with van der Waals surface area (Å²) in [5.74, 6) is 0.888. The molecular weight excluding hydrogens is 238 g/mol. The molecule has 0 radical (unpaired) electrons. The average Bonchev–Trinajstić information content (AvgIpc) is 2.28. The zero-order valence-electron chi connectivity index (χ0n) is 10.5. The van der Waals surface area contributed by atoms with Crippen LogP contribution in [0, 0.1) is 6.92 Å². The lowest BCUT2D eigenvalue weighted by molar-refractivity contribution is -0.116. The summed E-state index contributed by atoms with van der Waals surface area (Å²) in [4.78, 5) is 10.8. The van der Waals surface area contributed by atoms with E-state index in [0.29, 0.717) is 30.3 Å². The Morgan fingerprint density at radius 2 is 2.18 bits per heavy atom. The van der Waals surface area contributed by atoms with E-state index in [2.05, 4.69) is 5.32 Å². The van der Waals surface area contributed by atoms with Crippen molar-refractivity contribution in [2.75, 3.05) is 13.7 Å². The topological polar surface area (TPSA) is 38.3 Å². The molecule has 1 N–H and O–H groups in total. The lowest BCUT2D eigenvalue weighted by Gasteiger charge is -2.10. The van der Waals surface area contributed by atoms with Crippen molar-refractivity contribution in [2.45, 2.75) is 26.8 Å². The first-order chi connectivity index (χ1) is 8.04. The Morgan fingerprint density at radius 3 is 2.76 bits per heavy atom. The number of methoxy groups -OCH3 is 1. The van der Waals surface area contributed by atoms with Crippen molar-refractivity contribution in [1.82, 2.24) is 5.32 Å². The summed E-state index contributed by atoms with van der Waals surface area (Å²) in [6.45, 7) is 5.01. The number of carbonyl (C=O) groups excluding carboxylic acids is 1. The maximum atomic E-state index is 10.8. The van der Waals surface area contributed by atoms with E-state index in [0.717, 1.165) is 11.1 Å². The zero-order chi connectivity index (χ0) is 12.8. The molecule has 0 aliphatic rings. The van der Waals surface area contributed by atoms with Gasteiger partial charge in [-0.2, -0.15) is 0 Å². The summed E-state index contributed by atoms with van der Waals surface area (Å²) < 4.78 is 5.14. The third-order valence-electron chi connectivity index (χ3n) is 2.58. The Bertz CT molecular complexity index is 405. The molecule has 0 amide bonds. The molecule has 17 heavy (non-hydrogen) atoms. The number of hydrogen-bond donors (Lipinski definition) is 1. The van der Waals surface area contributed by atoms with Crippen LogP contribution in [-0.4, -0.2) is 19.4 Å². The summed E-state index contributed by atoms with van der Waals surface area (Å²) in [5.41, 5.74) is 2.25. The molecule has 0 aliphatic carbocycles. The van der Waals surface area contributed by atoms with E-state index >= 15 is 0 Å². The standard InChI is InChI=1S/C13H18ClNO2/c1-9-6-13(17-3)12(14)7-11(9)8-15-5-4-10(2)16/h6-7,15H,4-5,8H2,1-3H3. The van der Waals surface area contributed by atoms with Gasteiger partial charge >= 0.3 is 0 Å². The van der Waals surface area contributed by atoms with Gasteiger partial charge < -0.3 is 10.1 Å². The van der Waals surface area contributed by atoms with Crippen LogP contribution >= 0.6 is 11.6 Å². The Kier molecular flexibility index (Phi) is 5.45. The van der Waals surface area contributed by atoms with Crippen LogP contribution in [0.1, 0.15) is 24.5 Å². The number of Topliss-reactive ketones (excluding diaryl/α,β-unsaturated/α-hetero) is 1. The highest BCUT2D eigenvalue weighted by Crippen LogP contribution is 2.27. The second kappa shape index (κ2) is 6.62. The van der Waals surface area contributed by atoms with E-state index in [1.54, 1.807) is 14.0 Å². The summed E-state index contributed by atoms with van der Waals surface area (Å²) in [6, 6.07) is 3.82. The van der Waals surface area contributed by atoms with Crippen LogP contribution in [0.3, 0.4) is 0 Å². The van der Waals surface area contributed by atoms with Crippen LogP contribution in [0.2, 0.25) is 5.02 Å². The summed E-state index contributed by atoms with van der Waals surface area (Å²) >= 11 is 6.06. The number of ether oxygens (including phenoxy) is 1. The van der Waals surface area contributed by atoms with Gasteiger partial charge in [0.15, 0.2) is 0 Å². The van der Waals surface area contributed by atoms with Gasteiger partial charge in [-0.3, -0.25) is 4.79 Å². The molecule has 94 valence electrons. The lowest BCUT2D eigenvalue weighted by atomic mass is 10.1. The lowest BCUT2D eigenvalue weighted by Crippen LogP contribution is -2.17. The molecule has 1 aromatic rings. The van der Waals surface area contributed by atoms with E-state index in [1.165, 1.54) is 0 Å². The second-order valence-electron chi connectivity index (χ2n) is 4.04. The molecule has 0 heterocycles. The predicted molar refractivity (Wildman–Crippen MR) is 69.7 cm³/mol. The van der Waals surface area contributed by atoms with Gasteiger partial charge in [-0.15, -0.1) is 0 Å². The predicted octanol–water partition coefficient (Wildman–Crippen LogP) is 2.73. The highest BCUT2D eigenvalue weighted by atomic mass is 35.5. The first-order valence-corrected chi connectivity index (χ1v) is 5.95. The number of carbonyl (C=O) groups is 1. The summed E-state index contributed by atoms with van der Waals surface area (Å²) in [6.07, 6.45) is 0.558. The van der Waals surface area contributed by atoms with E-state index in [-0.39, 0.29) is 5.78 Å². The Morgan fingerprint density at radius 1 is 1.47 bits per heavy atom. The maximum absolute atomic E-state index is 10.8. The second-order valence-corrected chi connectivity index (χ2v) is 4.45. The van der Waals surface area contributed by atoms with Gasteiger partial charge in [0.1, 0.15) is 11.5 Å². The number of halogens is 1. The highest BCUT2D eigenvalue weighted by Gasteiger charge is 2.05. The maximum Gasteiger partial charge on any atom is 0.137 e. The Balaban J connectivity index is 2.59. The molecule has 1 rings (SSSR count). The normalized spacial score (nSPS) is 10.4. The molecule has 4 heteroatoms. The van der Waals surface area contributed by atoms with E-state index in [4.69, 9.17) is 16.3 Å². The van der Waals surface area contributed by atoms with E-state index in [1.807, 2.05) is 19.1 Å². The first-order valence-electron chi connectivity index (χ1n) is 5.57. The summed E-state index contributed by atoms with van der Waals surface area (Å²) in [5, 5.41) is 3.83. The number of nitrogens with one attached hydrogen (secondary N) is 1. The molecule has 0 spiro atoms. The quantitative estimate of drug-likeness (QED) is 0.795. The molecule has 0 aliphatic heterocycles. The molecular formula is C13H18ClNO2. The molecule has 3 nitrogen and oxygen atoms in total. The number of rotatable bonds is 6. The SMILES string of the molecule is COc1cc(C)c(CNCCC(C)=O)cc1Cl. The number of hydrogen-bond acceptors (Lipinski definition) is 3. The Labute approximate surface area is 107 Å². The van der Waals surface area contributed by atoms with Crippen molar-refractivity contribution in [1.29, 1.82) is 0 Å². The largest absolute Gasteiger partial charge is 0.495 e. The molecule has 0 aromatic heterocycles. The van der Waals surface area contributed by atoms with Gasteiger partial charge in [-0.25, -0.2) is 0 Å².